The fourth-order valence-electron chi connectivity index (χ4n) is 5.22. The molecule has 4 aromatic carbocycles. The molecular weight excluding hydrogens is 891 g/mol. The largest absolute Gasteiger partial charge is 3.00 e. The topological polar surface area (TPSA) is 293 Å². The van der Waals surface area contributed by atoms with Gasteiger partial charge in [-0.3, -0.25) is 9.89 Å². The molecule has 333 valence electrons. The number of sulfonamides is 2. The molecule has 6 rings (SSSR count). The molecule has 0 aliphatic heterocycles. The molecule has 0 aliphatic carbocycles. The average Bonchev–Trinajstić information content (AvgIpc) is 3.65. The van der Waals surface area contributed by atoms with Crippen LogP contribution in [0.15, 0.2) is 132 Å². The van der Waals surface area contributed by atoms with E-state index in [2.05, 4.69) is 40.1 Å². The molecule has 0 aliphatic rings. The van der Waals surface area contributed by atoms with Gasteiger partial charge in [0.15, 0.2) is 5.69 Å². The molecule has 5 N–H and O–H groups in total. The van der Waals surface area contributed by atoms with Gasteiger partial charge in [-0.05, 0) is 96.1 Å². The summed E-state index contributed by atoms with van der Waals surface area (Å²) in [5.41, 5.74) is 6.30. The number of nitrogens with two attached hydrogens (primary N) is 1. The first-order valence-corrected chi connectivity index (χ1v) is 22.0. The average molecular weight is 939 g/mol. The Labute approximate surface area is 376 Å². The molecule has 0 unspecified atom stereocenters. The Hall–Kier alpha value is -5.99. The molecule has 19 nitrogen and oxygen atoms in total. The molecule has 0 bridgehead atoms. The van der Waals surface area contributed by atoms with Crippen molar-refractivity contribution in [2.75, 3.05) is 0 Å². The number of nitrogens with one attached hydrogen (secondary N) is 3. The molecule has 2 aromatic heterocycles. The van der Waals surface area contributed by atoms with Crippen molar-refractivity contribution in [1.82, 2.24) is 29.0 Å². The Bertz CT molecular complexity index is 2810. The maximum Gasteiger partial charge on any atom is 3.00 e. The number of nitrogens with zero attached hydrogens (tertiary/aromatic N) is 7. The third-order valence-corrected chi connectivity index (χ3v) is 11.1. The van der Waals surface area contributed by atoms with E-state index in [9.17, 15) is 36.9 Å². The number of hydrogen-bond donors (Lipinski definition) is 4. The van der Waals surface area contributed by atoms with Gasteiger partial charge >= 0.3 is 17.4 Å². The first-order valence-electron chi connectivity index (χ1n) is 19.1. The zero-order valence-electron chi connectivity index (χ0n) is 35.7. The zero-order chi connectivity index (χ0) is 45.9. The molecule has 0 saturated carbocycles. The first-order chi connectivity index (χ1) is 29.1. The number of benzene rings is 4. The minimum Gasteiger partial charge on any atom is -0.871 e. The Morgan fingerprint density at radius 1 is 0.651 bits per heavy atom. The molecule has 1 radical (unpaired) electrons. The van der Waals surface area contributed by atoms with Crippen molar-refractivity contribution >= 4 is 42.8 Å². The number of H-pyrrole nitrogens is 1. The predicted octanol–water partition coefficient (Wildman–Crippen LogP) is 5.43. The molecule has 0 saturated heterocycles. The zero-order valence-corrected chi connectivity index (χ0v) is 38.6. The summed E-state index contributed by atoms with van der Waals surface area (Å²) in [5.74, 6) is -1.51. The fourth-order valence-corrected chi connectivity index (χ4v) is 7.76. The number of rotatable bonds is 12. The van der Waals surface area contributed by atoms with E-state index in [1.54, 1.807) is 90.1 Å². The van der Waals surface area contributed by atoms with E-state index in [1.165, 1.54) is 21.5 Å². The molecule has 0 amide bonds. The summed E-state index contributed by atoms with van der Waals surface area (Å²) in [5, 5.41) is 59.3. The first kappa shape index (κ1) is 51.4. The van der Waals surface area contributed by atoms with Gasteiger partial charge in [0.1, 0.15) is 5.69 Å². The van der Waals surface area contributed by atoms with E-state index in [1.807, 2.05) is 26.0 Å². The summed E-state index contributed by atoms with van der Waals surface area (Å²) in [6.07, 6.45) is 0. The van der Waals surface area contributed by atoms with Gasteiger partial charge in [0, 0.05) is 18.0 Å². The van der Waals surface area contributed by atoms with Crippen molar-refractivity contribution in [2.24, 2.45) is 26.2 Å². The van der Waals surface area contributed by atoms with Crippen LogP contribution in [0.3, 0.4) is 0 Å². The summed E-state index contributed by atoms with van der Waals surface area (Å²) < 4.78 is 56.6. The van der Waals surface area contributed by atoms with E-state index < -0.39 is 43.0 Å². The van der Waals surface area contributed by atoms with Crippen LogP contribution < -0.4 is 36.1 Å². The second-order valence-electron chi connectivity index (χ2n) is 14.5. The van der Waals surface area contributed by atoms with Crippen molar-refractivity contribution in [3.63, 3.8) is 0 Å². The van der Waals surface area contributed by atoms with Gasteiger partial charge in [0.05, 0.1) is 43.9 Å². The quantitative estimate of drug-likeness (QED) is 0.113. The number of aryl methyl sites for hydroxylation is 2. The van der Waals surface area contributed by atoms with Crippen LogP contribution in [0.5, 0.6) is 17.4 Å². The van der Waals surface area contributed by atoms with Gasteiger partial charge in [-0.25, -0.2) is 35.6 Å². The van der Waals surface area contributed by atoms with Crippen molar-refractivity contribution < 1.29 is 49.5 Å². The number of aromatic nitrogens is 4. The Kier molecular flexibility index (Phi) is 18.3. The van der Waals surface area contributed by atoms with Crippen LogP contribution in [-0.2, 0) is 37.4 Å². The SMILES string of the molecule is CC(C)N.Cc1[nH]n(-c2ccccc2)c(=O)c1N=Nc1cc(S(=O)(=O)NC(C)C)ccc1[O-].Cc1nn(-c2ccccc2)c([O-])c1N=Nc1cc(S(=O)(=O)NC(C)C)ccc1[O-].[Cr+3]. The van der Waals surface area contributed by atoms with Crippen molar-refractivity contribution in [1.29, 1.82) is 0 Å². The second kappa shape index (κ2) is 22.4. The van der Waals surface area contributed by atoms with Crippen LogP contribution in [0.4, 0.5) is 22.7 Å². The molecular formula is C41H48CrN11O8S2. The predicted molar refractivity (Wildman–Crippen MR) is 229 cm³/mol. The summed E-state index contributed by atoms with van der Waals surface area (Å²) in [6, 6.07) is 24.3. The normalized spacial score (nSPS) is 11.7. The fraction of sp³-hybridized carbons (Fsp3) is 0.268. The van der Waals surface area contributed by atoms with Crippen molar-refractivity contribution in [2.45, 2.75) is 83.3 Å². The summed E-state index contributed by atoms with van der Waals surface area (Å²) >= 11 is 0. The van der Waals surface area contributed by atoms with Gasteiger partial charge in [-0.2, -0.15) is 15.3 Å². The van der Waals surface area contributed by atoms with E-state index in [4.69, 9.17) is 5.73 Å². The second-order valence-corrected chi connectivity index (χ2v) is 17.9. The Balaban J connectivity index is 0.000000305. The third kappa shape index (κ3) is 14.0. The van der Waals surface area contributed by atoms with Crippen LogP contribution in [0, 0.1) is 13.8 Å². The van der Waals surface area contributed by atoms with E-state index >= 15 is 0 Å². The minimum atomic E-state index is -3.80. The van der Waals surface area contributed by atoms with Crippen molar-refractivity contribution in [3.05, 3.63) is 119 Å². The Morgan fingerprint density at radius 3 is 1.49 bits per heavy atom. The molecule has 2 heterocycles. The van der Waals surface area contributed by atoms with Gasteiger partial charge in [0.25, 0.3) is 5.56 Å². The van der Waals surface area contributed by atoms with E-state index in [-0.39, 0.29) is 62.0 Å². The van der Waals surface area contributed by atoms with Crippen molar-refractivity contribution in [3.8, 4) is 28.8 Å². The van der Waals surface area contributed by atoms with Gasteiger partial charge in [-0.15, -0.1) is 10.2 Å². The number of aromatic amines is 1. The monoisotopic (exact) mass is 938 g/mol. The van der Waals surface area contributed by atoms with Crippen LogP contribution in [0.25, 0.3) is 11.4 Å². The van der Waals surface area contributed by atoms with Gasteiger partial charge < -0.3 is 21.1 Å². The van der Waals surface area contributed by atoms with Gasteiger partial charge in [-0.1, -0.05) is 73.9 Å². The number of azo groups is 2. The summed E-state index contributed by atoms with van der Waals surface area (Å²) in [4.78, 5) is 12.4. The summed E-state index contributed by atoms with van der Waals surface area (Å²) in [7, 11) is -7.59. The van der Waals surface area contributed by atoms with Gasteiger partial charge in [0.2, 0.25) is 20.0 Å². The van der Waals surface area contributed by atoms with E-state index in [0.29, 0.717) is 28.8 Å². The molecule has 6 aromatic rings. The van der Waals surface area contributed by atoms with Crippen LogP contribution in [-0.4, -0.2) is 54.5 Å². The minimum absolute atomic E-state index is 0. The molecule has 0 atom stereocenters. The molecule has 63 heavy (non-hydrogen) atoms. The molecule has 0 spiro atoms. The number of para-hydroxylation sites is 2. The Morgan fingerprint density at radius 2 is 1.06 bits per heavy atom. The van der Waals surface area contributed by atoms with Crippen LogP contribution in [0.1, 0.15) is 52.9 Å². The maximum atomic E-state index is 12.6. The molecule has 0 fully saturated rings. The summed E-state index contributed by atoms with van der Waals surface area (Å²) in [6.45, 7) is 13.9. The van der Waals surface area contributed by atoms with Crippen LogP contribution >= 0.6 is 0 Å². The number of hydrogen-bond acceptors (Lipinski definition) is 14. The third-order valence-electron chi connectivity index (χ3n) is 7.82. The smallest absolute Gasteiger partial charge is 0.871 e. The maximum absolute atomic E-state index is 12.6. The molecule has 22 heteroatoms. The standard InChI is InChI=1S/2C19H21N5O4S.C3H9N.Cr/c2*1-12(2)23-29(27,28)15-9-10-17(25)16(11-15)20-21-18-13(3)22-24(19(18)26)14-7-5-4-6-8-14;1-3(2)4;/h4-12,23,25-26H,1-3H3;4-12,22-23,25H,1-3H3;3H,4H2,1-2H3;/q;;;+3/p-3. The van der Waals surface area contributed by atoms with Crippen LogP contribution in [0.2, 0.25) is 0 Å². The van der Waals surface area contributed by atoms with E-state index in [0.717, 1.165) is 24.3 Å².